The number of benzene rings is 1. The molecule has 0 atom stereocenters. The topological polar surface area (TPSA) is 44.5 Å². The fourth-order valence-corrected chi connectivity index (χ4v) is 1.90. The van der Waals surface area contributed by atoms with Crippen molar-refractivity contribution < 1.29 is 22.7 Å². The highest BCUT2D eigenvalue weighted by molar-refractivity contribution is 9.10. The molecule has 0 bridgehead atoms. The van der Waals surface area contributed by atoms with Crippen molar-refractivity contribution in [1.29, 1.82) is 0 Å². The van der Waals surface area contributed by atoms with Crippen LogP contribution in [0, 0.1) is 0 Å². The minimum absolute atomic E-state index is 0.161. The predicted molar refractivity (Wildman–Crippen MR) is 54.7 cm³/mol. The van der Waals surface area contributed by atoms with Crippen molar-refractivity contribution in [2.45, 2.75) is 12.8 Å². The van der Waals surface area contributed by atoms with Crippen LogP contribution in [-0.4, -0.2) is 7.11 Å². The van der Waals surface area contributed by atoms with Crippen LogP contribution in [0.3, 0.4) is 0 Å². The maximum absolute atomic E-state index is 12.5. The van der Waals surface area contributed by atoms with Crippen LogP contribution in [0.1, 0.15) is 11.1 Å². The molecule has 3 nitrogen and oxygen atoms in total. The van der Waals surface area contributed by atoms with Crippen LogP contribution in [0.2, 0.25) is 0 Å². The van der Waals surface area contributed by atoms with E-state index < -0.39 is 11.7 Å². The molecule has 0 aliphatic rings. The Bertz CT molecular complexity index is 382. The molecule has 1 rings (SSSR count). The van der Waals surface area contributed by atoms with Crippen molar-refractivity contribution in [1.82, 2.24) is 0 Å². The normalized spacial score (nSPS) is 11.6. The van der Waals surface area contributed by atoms with Crippen LogP contribution in [0.4, 0.5) is 13.2 Å². The van der Waals surface area contributed by atoms with Gasteiger partial charge >= 0.3 is 6.18 Å². The number of hydrogen-bond donors (Lipinski definition) is 1. The Morgan fingerprint density at radius 1 is 1.38 bits per heavy atom. The monoisotopic (exact) mass is 299 g/mol. The van der Waals surface area contributed by atoms with E-state index in [2.05, 4.69) is 20.8 Å². The lowest BCUT2D eigenvalue weighted by Gasteiger charge is -2.14. The zero-order valence-corrected chi connectivity index (χ0v) is 9.85. The van der Waals surface area contributed by atoms with Gasteiger partial charge in [-0.2, -0.15) is 13.2 Å². The first-order valence-electron chi connectivity index (χ1n) is 4.15. The molecule has 16 heavy (non-hydrogen) atoms. The molecule has 0 heterocycles. The Morgan fingerprint density at radius 2 is 2.00 bits per heavy atom. The molecular weight excluding hydrogens is 291 g/mol. The van der Waals surface area contributed by atoms with Crippen LogP contribution in [0.5, 0.6) is 5.75 Å². The Labute approximate surface area is 98.4 Å². The summed E-state index contributed by atoms with van der Waals surface area (Å²) in [5.74, 6) is 5.12. The third kappa shape index (κ3) is 2.87. The first kappa shape index (κ1) is 13.3. The summed E-state index contributed by atoms with van der Waals surface area (Å²) in [6.45, 7) is -0.161. The second-order valence-electron chi connectivity index (χ2n) is 2.96. The second kappa shape index (κ2) is 5.03. The fourth-order valence-electron chi connectivity index (χ4n) is 1.24. The number of alkyl halides is 3. The van der Waals surface area contributed by atoms with Crippen molar-refractivity contribution in [2.24, 2.45) is 5.90 Å². The van der Waals surface area contributed by atoms with Crippen LogP contribution in [-0.2, 0) is 17.6 Å². The standard InChI is InChI=1S/C9H9BrF3NO2/c1-15-8-5(4-16-14)2-6(3-7(8)10)9(11,12)13/h2-3H,4,14H2,1H3. The molecule has 1 aromatic carbocycles. The Morgan fingerprint density at radius 3 is 2.44 bits per heavy atom. The molecule has 0 fully saturated rings. The van der Waals surface area contributed by atoms with Gasteiger partial charge in [0.1, 0.15) is 5.75 Å². The molecule has 0 spiro atoms. The van der Waals surface area contributed by atoms with Gasteiger partial charge in [0.25, 0.3) is 0 Å². The molecular formula is C9H9BrF3NO2. The molecule has 0 amide bonds. The lowest BCUT2D eigenvalue weighted by molar-refractivity contribution is -0.137. The number of methoxy groups -OCH3 is 1. The molecule has 0 aromatic heterocycles. The molecule has 1 aromatic rings. The van der Waals surface area contributed by atoms with E-state index in [0.717, 1.165) is 12.1 Å². The summed E-state index contributed by atoms with van der Waals surface area (Å²) in [7, 11) is 1.35. The van der Waals surface area contributed by atoms with Crippen LogP contribution in [0.15, 0.2) is 16.6 Å². The van der Waals surface area contributed by atoms with E-state index in [4.69, 9.17) is 10.6 Å². The van der Waals surface area contributed by atoms with Gasteiger partial charge in [0.15, 0.2) is 0 Å². The van der Waals surface area contributed by atoms with Crippen LogP contribution >= 0.6 is 15.9 Å². The van der Waals surface area contributed by atoms with E-state index in [-0.39, 0.29) is 22.4 Å². The number of ether oxygens (including phenoxy) is 1. The SMILES string of the molecule is COc1c(Br)cc(C(F)(F)F)cc1CON. The highest BCUT2D eigenvalue weighted by Gasteiger charge is 2.32. The molecule has 90 valence electrons. The van der Waals surface area contributed by atoms with Gasteiger partial charge in [-0.25, -0.2) is 5.90 Å². The van der Waals surface area contributed by atoms with Gasteiger partial charge in [-0.1, -0.05) is 0 Å². The van der Waals surface area contributed by atoms with E-state index in [1.165, 1.54) is 7.11 Å². The van der Waals surface area contributed by atoms with Crippen molar-refractivity contribution in [2.75, 3.05) is 7.11 Å². The predicted octanol–water partition coefficient (Wildman–Crippen LogP) is 2.87. The Balaban J connectivity index is 3.28. The Kier molecular flexibility index (Phi) is 4.17. The Hall–Kier alpha value is -0.790. The summed E-state index contributed by atoms with van der Waals surface area (Å²) in [5.41, 5.74) is -0.557. The van der Waals surface area contributed by atoms with Gasteiger partial charge in [0.2, 0.25) is 0 Å². The largest absolute Gasteiger partial charge is 0.495 e. The van der Waals surface area contributed by atoms with Gasteiger partial charge in [-0.15, -0.1) is 0 Å². The zero-order valence-electron chi connectivity index (χ0n) is 8.27. The van der Waals surface area contributed by atoms with Gasteiger partial charge in [0, 0.05) is 5.56 Å². The zero-order chi connectivity index (χ0) is 12.3. The molecule has 0 radical (unpaired) electrons. The molecule has 2 N–H and O–H groups in total. The average Bonchev–Trinajstić information content (AvgIpc) is 2.16. The summed E-state index contributed by atoms with van der Waals surface area (Å²) < 4.78 is 42.6. The third-order valence-electron chi connectivity index (χ3n) is 1.89. The first-order valence-corrected chi connectivity index (χ1v) is 4.94. The van der Waals surface area contributed by atoms with E-state index in [1.54, 1.807) is 0 Å². The third-order valence-corrected chi connectivity index (χ3v) is 2.48. The second-order valence-corrected chi connectivity index (χ2v) is 3.81. The fraction of sp³-hybridized carbons (Fsp3) is 0.333. The first-order chi connectivity index (χ1) is 7.40. The van der Waals surface area contributed by atoms with Gasteiger partial charge in [-0.3, -0.25) is 4.84 Å². The summed E-state index contributed by atoms with van der Waals surface area (Å²) in [4.78, 5) is 4.32. The summed E-state index contributed by atoms with van der Waals surface area (Å²) in [5, 5.41) is 0. The van der Waals surface area contributed by atoms with E-state index in [0.29, 0.717) is 0 Å². The molecule has 0 saturated heterocycles. The van der Waals surface area contributed by atoms with Crippen molar-refractivity contribution in [3.63, 3.8) is 0 Å². The number of halogens is 4. The van der Waals surface area contributed by atoms with Crippen LogP contribution in [0.25, 0.3) is 0 Å². The molecule has 7 heteroatoms. The van der Waals surface area contributed by atoms with Crippen LogP contribution < -0.4 is 10.6 Å². The molecule has 0 unspecified atom stereocenters. The van der Waals surface area contributed by atoms with Crippen molar-refractivity contribution in [3.05, 3.63) is 27.7 Å². The van der Waals surface area contributed by atoms with E-state index in [9.17, 15) is 13.2 Å². The minimum Gasteiger partial charge on any atom is -0.495 e. The minimum atomic E-state index is -4.42. The van der Waals surface area contributed by atoms with Crippen molar-refractivity contribution >= 4 is 15.9 Å². The summed E-state index contributed by atoms with van der Waals surface area (Å²) >= 11 is 3.00. The van der Waals surface area contributed by atoms with E-state index >= 15 is 0 Å². The van der Waals surface area contributed by atoms with Crippen molar-refractivity contribution in [3.8, 4) is 5.75 Å². The highest BCUT2D eigenvalue weighted by Crippen LogP contribution is 2.37. The lowest BCUT2D eigenvalue weighted by atomic mass is 10.1. The highest BCUT2D eigenvalue weighted by atomic mass is 79.9. The average molecular weight is 300 g/mol. The van der Waals surface area contributed by atoms with Gasteiger partial charge in [0.05, 0.1) is 23.8 Å². The van der Waals surface area contributed by atoms with E-state index in [1.807, 2.05) is 0 Å². The molecule has 0 aliphatic carbocycles. The quantitative estimate of drug-likeness (QED) is 0.873. The smallest absolute Gasteiger partial charge is 0.416 e. The molecule has 0 saturated carbocycles. The summed E-state index contributed by atoms with van der Waals surface area (Å²) in [6, 6.07) is 1.88. The van der Waals surface area contributed by atoms with Gasteiger partial charge < -0.3 is 4.74 Å². The number of nitrogens with two attached hydrogens (primary N) is 1. The maximum Gasteiger partial charge on any atom is 0.416 e. The number of hydrogen-bond acceptors (Lipinski definition) is 3. The maximum atomic E-state index is 12.5. The lowest BCUT2D eigenvalue weighted by Crippen LogP contribution is -2.08. The molecule has 0 aliphatic heterocycles. The van der Waals surface area contributed by atoms with Gasteiger partial charge in [-0.05, 0) is 28.1 Å². The summed E-state index contributed by atoms with van der Waals surface area (Å²) in [6.07, 6.45) is -4.42. The number of rotatable bonds is 3.